The van der Waals surface area contributed by atoms with E-state index >= 15 is 0 Å². The average Bonchev–Trinajstić information content (AvgIpc) is 2.70. The van der Waals surface area contributed by atoms with Crippen molar-refractivity contribution in [1.29, 1.82) is 0 Å². The molecular formula is C11H18N2O4. The zero-order valence-electron chi connectivity index (χ0n) is 10.1. The Labute approximate surface area is 100 Å². The molecule has 17 heavy (non-hydrogen) atoms. The maximum Gasteiger partial charge on any atom is 0.157 e. The second-order valence-corrected chi connectivity index (χ2v) is 4.14. The van der Waals surface area contributed by atoms with Gasteiger partial charge in [0.2, 0.25) is 0 Å². The molecule has 1 aromatic rings. The van der Waals surface area contributed by atoms with Crippen LogP contribution in [0, 0.1) is 0 Å². The molecule has 6 nitrogen and oxygen atoms in total. The van der Waals surface area contributed by atoms with Crippen molar-refractivity contribution in [3.63, 3.8) is 0 Å². The molecule has 2 rings (SSSR count). The van der Waals surface area contributed by atoms with Crippen LogP contribution in [0.3, 0.4) is 0 Å². The highest BCUT2D eigenvalue weighted by Gasteiger charge is 2.43. The van der Waals surface area contributed by atoms with Crippen molar-refractivity contribution in [3.05, 3.63) is 12.4 Å². The van der Waals surface area contributed by atoms with E-state index in [1.54, 1.807) is 24.2 Å². The van der Waals surface area contributed by atoms with Gasteiger partial charge in [-0.3, -0.25) is 4.68 Å². The van der Waals surface area contributed by atoms with Gasteiger partial charge in [-0.2, -0.15) is 5.10 Å². The van der Waals surface area contributed by atoms with E-state index in [2.05, 4.69) is 5.10 Å². The predicted molar refractivity (Wildman–Crippen MR) is 59.9 cm³/mol. The summed E-state index contributed by atoms with van der Waals surface area (Å²) in [6, 6.07) is 0. The summed E-state index contributed by atoms with van der Waals surface area (Å²) in [7, 11) is 3.44. The first-order chi connectivity index (χ1) is 8.20. The molecule has 1 aliphatic carbocycles. The Bertz CT molecular complexity index is 355. The molecule has 0 amide bonds. The Morgan fingerprint density at radius 3 is 2.94 bits per heavy atom. The van der Waals surface area contributed by atoms with Crippen LogP contribution >= 0.6 is 0 Å². The van der Waals surface area contributed by atoms with Crippen LogP contribution in [0.1, 0.15) is 6.42 Å². The fourth-order valence-corrected chi connectivity index (χ4v) is 1.79. The van der Waals surface area contributed by atoms with E-state index in [4.69, 9.17) is 14.2 Å². The third kappa shape index (κ3) is 2.96. The minimum Gasteiger partial charge on any atom is -0.484 e. The van der Waals surface area contributed by atoms with Crippen LogP contribution in [0.2, 0.25) is 0 Å². The van der Waals surface area contributed by atoms with Gasteiger partial charge in [0.05, 0.1) is 31.7 Å². The normalized spacial score (nSPS) is 27.8. The van der Waals surface area contributed by atoms with Crippen molar-refractivity contribution in [2.45, 2.75) is 24.7 Å². The van der Waals surface area contributed by atoms with E-state index in [9.17, 15) is 5.11 Å². The van der Waals surface area contributed by atoms with Crippen molar-refractivity contribution in [3.8, 4) is 5.75 Å². The SMILES string of the molecule is COCCOC1C(O)CC1Oc1cnn(C)c1. The number of ether oxygens (including phenoxy) is 3. The number of aromatic nitrogens is 2. The van der Waals surface area contributed by atoms with Crippen molar-refractivity contribution in [1.82, 2.24) is 9.78 Å². The summed E-state index contributed by atoms with van der Waals surface area (Å²) >= 11 is 0. The van der Waals surface area contributed by atoms with Gasteiger partial charge in [0, 0.05) is 20.6 Å². The fourth-order valence-electron chi connectivity index (χ4n) is 1.79. The maximum atomic E-state index is 9.59. The molecule has 96 valence electrons. The number of aryl methyl sites for hydroxylation is 1. The monoisotopic (exact) mass is 242 g/mol. The smallest absolute Gasteiger partial charge is 0.157 e. The maximum absolute atomic E-state index is 9.59. The molecule has 0 saturated heterocycles. The second-order valence-electron chi connectivity index (χ2n) is 4.14. The first kappa shape index (κ1) is 12.3. The molecule has 0 aliphatic heterocycles. The quantitative estimate of drug-likeness (QED) is 0.709. The first-order valence-electron chi connectivity index (χ1n) is 5.64. The van der Waals surface area contributed by atoms with E-state index in [1.807, 2.05) is 7.05 Å². The lowest BCUT2D eigenvalue weighted by molar-refractivity contribution is -0.167. The van der Waals surface area contributed by atoms with Gasteiger partial charge in [0.1, 0.15) is 12.2 Å². The van der Waals surface area contributed by atoms with Gasteiger partial charge in [-0.15, -0.1) is 0 Å². The van der Waals surface area contributed by atoms with Crippen LogP contribution in [0.15, 0.2) is 12.4 Å². The molecule has 0 aromatic carbocycles. The summed E-state index contributed by atoms with van der Waals surface area (Å²) in [5.41, 5.74) is 0. The van der Waals surface area contributed by atoms with Crippen molar-refractivity contribution >= 4 is 0 Å². The summed E-state index contributed by atoms with van der Waals surface area (Å²) in [5.74, 6) is 0.699. The third-order valence-electron chi connectivity index (χ3n) is 2.79. The van der Waals surface area contributed by atoms with E-state index in [-0.39, 0.29) is 12.2 Å². The Kier molecular flexibility index (Phi) is 3.98. The van der Waals surface area contributed by atoms with Crippen LogP contribution in [-0.2, 0) is 16.5 Å². The lowest BCUT2D eigenvalue weighted by Crippen LogP contribution is -2.55. The molecule has 1 aliphatic rings. The fraction of sp³-hybridized carbons (Fsp3) is 0.727. The summed E-state index contributed by atoms with van der Waals surface area (Å²) in [6.45, 7) is 0.980. The molecule has 6 heteroatoms. The van der Waals surface area contributed by atoms with E-state index in [0.29, 0.717) is 25.4 Å². The van der Waals surface area contributed by atoms with Gasteiger partial charge in [-0.1, -0.05) is 0 Å². The lowest BCUT2D eigenvalue weighted by Gasteiger charge is -2.40. The van der Waals surface area contributed by atoms with Crippen LogP contribution in [-0.4, -0.2) is 53.5 Å². The number of rotatable bonds is 6. The average molecular weight is 242 g/mol. The van der Waals surface area contributed by atoms with Crippen LogP contribution in [0.4, 0.5) is 0 Å². The standard InChI is InChI=1S/C11H18N2O4/c1-13-7-8(6-12-13)17-10-5-9(14)11(10)16-4-3-15-2/h6-7,9-11,14H,3-5H2,1-2H3. The van der Waals surface area contributed by atoms with E-state index in [0.717, 1.165) is 0 Å². The molecule has 1 fully saturated rings. The van der Waals surface area contributed by atoms with Crippen molar-refractivity contribution in [2.75, 3.05) is 20.3 Å². The van der Waals surface area contributed by atoms with Crippen LogP contribution in [0.25, 0.3) is 0 Å². The molecule has 3 atom stereocenters. The highest BCUT2D eigenvalue weighted by atomic mass is 16.6. The van der Waals surface area contributed by atoms with E-state index < -0.39 is 6.10 Å². The number of methoxy groups -OCH3 is 1. The number of aliphatic hydroxyl groups excluding tert-OH is 1. The zero-order chi connectivity index (χ0) is 12.3. The minimum atomic E-state index is -0.450. The topological polar surface area (TPSA) is 65.7 Å². The highest BCUT2D eigenvalue weighted by Crippen LogP contribution is 2.28. The van der Waals surface area contributed by atoms with E-state index in [1.165, 1.54) is 0 Å². The lowest BCUT2D eigenvalue weighted by atomic mass is 9.88. The summed E-state index contributed by atoms with van der Waals surface area (Å²) in [4.78, 5) is 0. The van der Waals surface area contributed by atoms with Gasteiger partial charge in [0.15, 0.2) is 5.75 Å². The molecule has 1 aromatic heterocycles. The van der Waals surface area contributed by atoms with Gasteiger partial charge in [0.25, 0.3) is 0 Å². The van der Waals surface area contributed by atoms with Gasteiger partial charge in [-0.05, 0) is 0 Å². The van der Waals surface area contributed by atoms with Crippen LogP contribution in [0.5, 0.6) is 5.75 Å². The number of hydrogen-bond donors (Lipinski definition) is 1. The molecule has 1 heterocycles. The van der Waals surface area contributed by atoms with Gasteiger partial charge in [-0.25, -0.2) is 0 Å². The first-order valence-corrected chi connectivity index (χ1v) is 5.64. The number of aliphatic hydroxyl groups is 1. The Hall–Kier alpha value is -1.11. The zero-order valence-corrected chi connectivity index (χ0v) is 10.1. The molecule has 0 spiro atoms. The molecule has 0 radical (unpaired) electrons. The van der Waals surface area contributed by atoms with Gasteiger partial charge >= 0.3 is 0 Å². The summed E-state index contributed by atoms with van der Waals surface area (Å²) in [5, 5.41) is 13.6. The predicted octanol–water partition coefficient (Wildman–Crippen LogP) is -0.0363. The second kappa shape index (κ2) is 5.48. The minimum absolute atomic E-state index is 0.106. The summed E-state index contributed by atoms with van der Waals surface area (Å²) in [6.07, 6.45) is 3.20. The molecule has 1 saturated carbocycles. The third-order valence-corrected chi connectivity index (χ3v) is 2.79. The highest BCUT2D eigenvalue weighted by molar-refractivity contribution is 5.13. The van der Waals surface area contributed by atoms with Gasteiger partial charge < -0.3 is 19.3 Å². The molecular weight excluding hydrogens is 224 g/mol. The van der Waals surface area contributed by atoms with Crippen molar-refractivity contribution in [2.24, 2.45) is 7.05 Å². The van der Waals surface area contributed by atoms with Crippen molar-refractivity contribution < 1.29 is 19.3 Å². The Balaban J connectivity index is 1.80. The number of hydrogen-bond acceptors (Lipinski definition) is 5. The number of nitrogens with zero attached hydrogens (tertiary/aromatic N) is 2. The summed E-state index contributed by atoms with van der Waals surface area (Å²) < 4.78 is 17.7. The van der Waals surface area contributed by atoms with Crippen LogP contribution < -0.4 is 4.74 Å². The molecule has 1 N–H and O–H groups in total. The largest absolute Gasteiger partial charge is 0.484 e. The molecule has 0 bridgehead atoms. The molecule has 3 unspecified atom stereocenters. The Morgan fingerprint density at radius 2 is 2.35 bits per heavy atom. The Morgan fingerprint density at radius 1 is 1.53 bits per heavy atom.